The van der Waals surface area contributed by atoms with Crippen molar-refractivity contribution in [3.05, 3.63) is 47.1 Å². The van der Waals surface area contributed by atoms with E-state index in [2.05, 4.69) is 15.6 Å². The van der Waals surface area contributed by atoms with Crippen molar-refractivity contribution in [3.63, 3.8) is 0 Å². The second-order valence-corrected chi connectivity index (χ2v) is 8.41. The van der Waals surface area contributed by atoms with E-state index in [4.69, 9.17) is 9.88 Å². The number of ether oxygens (including phenoxy) is 1. The summed E-state index contributed by atoms with van der Waals surface area (Å²) in [6, 6.07) is 9.12. The summed E-state index contributed by atoms with van der Waals surface area (Å²) in [5, 5.41) is 11.3. The Bertz CT molecular complexity index is 868. The number of guanidine groups is 1. The largest absolute Gasteiger partial charge is 0.489 e. The number of nitrogens with zero attached hydrogens (tertiary/aromatic N) is 1. The summed E-state index contributed by atoms with van der Waals surface area (Å²) in [5.41, 5.74) is 0. The molecule has 1 atom stereocenters. The number of nitrogens with one attached hydrogen (secondary N) is 2. The quantitative estimate of drug-likeness (QED) is 0.484. The van der Waals surface area contributed by atoms with Crippen molar-refractivity contribution in [1.82, 2.24) is 10.6 Å². The molecule has 0 fully saturated rings. The number of rotatable bonds is 7. The van der Waals surface area contributed by atoms with Gasteiger partial charge in [0, 0.05) is 18.0 Å². The van der Waals surface area contributed by atoms with Gasteiger partial charge in [-0.2, -0.15) is 0 Å². The Kier molecular flexibility index (Phi) is 6.95. The standard InChI is InChI=1S/C16H21FN4O3S2/c1-11(24-13-5-3-4-12(17)8-13)9-20-16(19-2)21-10-14-6-7-15(25-14)26(18,22)23/h3-8,11H,9-10H2,1-2H3,(H2,18,22,23)(H2,19,20,21). The average molecular weight is 401 g/mol. The number of hydrogen-bond donors (Lipinski definition) is 3. The van der Waals surface area contributed by atoms with Gasteiger partial charge in [0.25, 0.3) is 0 Å². The number of aliphatic imine (C=N–C) groups is 1. The van der Waals surface area contributed by atoms with Gasteiger partial charge in [-0.25, -0.2) is 17.9 Å². The molecular formula is C16H21FN4O3S2. The van der Waals surface area contributed by atoms with E-state index >= 15 is 0 Å². The molecule has 2 aromatic rings. The Labute approximate surface area is 156 Å². The summed E-state index contributed by atoms with van der Waals surface area (Å²) >= 11 is 1.10. The lowest BCUT2D eigenvalue weighted by Gasteiger charge is -2.17. The number of sulfonamides is 1. The minimum Gasteiger partial charge on any atom is -0.489 e. The zero-order valence-corrected chi connectivity index (χ0v) is 16.0. The molecule has 4 N–H and O–H groups in total. The fourth-order valence-corrected chi connectivity index (χ4v) is 3.77. The Morgan fingerprint density at radius 3 is 2.73 bits per heavy atom. The number of halogens is 1. The van der Waals surface area contributed by atoms with Gasteiger partial charge in [0.05, 0.1) is 13.1 Å². The van der Waals surface area contributed by atoms with Gasteiger partial charge < -0.3 is 15.4 Å². The van der Waals surface area contributed by atoms with E-state index in [0.717, 1.165) is 16.2 Å². The van der Waals surface area contributed by atoms with Gasteiger partial charge in [-0.05, 0) is 31.2 Å². The minimum absolute atomic E-state index is 0.120. The molecule has 1 aromatic heterocycles. The molecule has 1 unspecified atom stereocenters. The molecule has 142 valence electrons. The molecule has 0 aliphatic heterocycles. The van der Waals surface area contributed by atoms with Crippen molar-refractivity contribution in [2.24, 2.45) is 10.1 Å². The SMILES string of the molecule is CN=C(NCc1ccc(S(N)(=O)=O)s1)NCC(C)Oc1cccc(F)c1. The van der Waals surface area contributed by atoms with E-state index < -0.39 is 10.0 Å². The van der Waals surface area contributed by atoms with Gasteiger partial charge in [0.15, 0.2) is 5.96 Å². The lowest BCUT2D eigenvalue weighted by Crippen LogP contribution is -2.41. The summed E-state index contributed by atoms with van der Waals surface area (Å²) in [5.74, 6) is 0.636. The van der Waals surface area contributed by atoms with Crippen LogP contribution in [0, 0.1) is 5.82 Å². The highest BCUT2D eigenvalue weighted by atomic mass is 32.2. The van der Waals surface area contributed by atoms with Crippen LogP contribution in [-0.2, 0) is 16.6 Å². The van der Waals surface area contributed by atoms with Crippen LogP contribution in [0.3, 0.4) is 0 Å². The summed E-state index contributed by atoms with van der Waals surface area (Å²) in [7, 11) is -2.06. The second kappa shape index (κ2) is 8.97. The number of nitrogens with two attached hydrogens (primary N) is 1. The van der Waals surface area contributed by atoms with E-state index in [9.17, 15) is 12.8 Å². The molecule has 0 saturated carbocycles. The molecular weight excluding hydrogens is 379 g/mol. The van der Waals surface area contributed by atoms with Crippen molar-refractivity contribution < 1.29 is 17.5 Å². The Balaban J connectivity index is 1.81. The fraction of sp³-hybridized carbons (Fsp3) is 0.312. The van der Waals surface area contributed by atoms with Crippen molar-refractivity contribution in [3.8, 4) is 5.75 Å². The molecule has 7 nitrogen and oxygen atoms in total. The molecule has 0 bridgehead atoms. The van der Waals surface area contributed by atoms with Crippen molar-refractivity contribution >= 4 is 27.3 Å². The van der Waals surface area contributed by atoms with Crippen LogP contribution in [0.4, 0.5) is 4.39 Å². The summed E-state index contributed by atoms with van der Waals surface area (Å²) < 4.78 is 41.5. The first kappa shape index (κ1) is 20.1. The zero-order valence-electron chi connectivity index (χ0n) is 14.4. The normalized spacial score (nSPS) is 13.3. The molecule has 10 heteroatoms. The van der Waals surface area contributed by atoms with Crippen molar-refractivity contribution in [1.29, 1.82) is 0 Å². The van der Waals surface area contributed by atoms with E-state index in [1.807, 2.05) is 6.92 Å². The highest BCUT2D eigenvalue weighted by molar-refractivity contribution is 7.91. The van der Waals surface area contributed by atoms with E-state index in [1.165, 1.54) is 18.2 Å². The maximum absolute atomic E-state index is 13.2. The van der Waals surface area contributed by atoms with Gasteiger partial charge in [0.1, 0.15) is 21.9 Å². The van der Waals surface area contributed by atoms with Crippen molar-refractivity contribution in [2.75, 3.05) is 13.6 Å². The van der Waals surface area contributed by atoms with Gasteiger partial charge in [0.2, 0.25) is 10.0 Å². The lowest BCUT2D eigenvalue weighted by atomic mass is 10.3. The number of primary sulfonamides is 1. The average Bonchev–Trinajstić information content (AvgIpc) is 3.04. The van der Waals surface area contributed by atoms with Crippen molar-refractivity contribution in [2.45, 2.75) is 23.8 Å². The highest BCUT2D eigenvalue weighted by Gasteiger charge is 2.11. The maximum atomic E-state index is 13.2. The number of hydrogen-bond acceptors (Lipinski definition) is 5. The third kappa shape index (κ3) is 6.28. The molecule has 0 amide bonds. The van der Waals surface area contributed by atoms with Gasteiger partial charge >= 0.3 is 0 Å². The number of benzene rings is 1. The van der Waals surface area contributed by atoms with Crippen LogP contribution in [0.25, 0.3) is 0 Å². The fourth-order valence-electron chi connectivity index (χ4n) is 2.05. The molecule has 0 aliphatic rings. The molecule has 0 spiro atoms. The molecule has 0 radical (unpaired) electrons. The number of thiophene rings is 1. The van der Waals surface area contributed by atoms with E-state index in [0.29, 0.717) is 24.8 Å². The Hall–Kier alpha value is -2.17. The zero-order chi connectivity index (χ0) is 19.2. The maximum Gasteiger partial charge on any atom is 0.247 e. The van der Waals surface area contributed by atoms with Crippen LogP contribution in [-0.4, -0.2) is 34.1 Å². The van der Waals surface area contributed by atoms with Crippen LogP contribution >= 0.6 is 11.3 Å². The smallest absolute Gasteiger partial charge is 0.247 e. The predicted octanol–water partition coefficient (Wildman–Crippen LogP) is 1.67. The minimum atomic E-state index is -3.68. The van der Waals surface area contributed by atoms with Gasteiger partial charge in [-0.3, -0.25) is 4.99 Å². The van der Waals surface area contributed by atoms with Crippen LogP contribution < -0.4 is 20.5 Å². The summed E-state index contributed by atoms with van der Waals surface area (Å²) in [6.45, 7) is 2.70. The van der Waals surface area contributed by atoms with Crippen LogP contribution in [0.2, 0.25) is 0 Å². The molecule has 0 aliphatic carbocycles. The lowest BCUT2D eigenvalue weighted by molar-refractivity contribution is 0.223. The topological polar surface area (TPSA) is 106 Å². The molecule has 2 rings (SSSR count). The van der Waals surface area contributed by atoms with Gasteiger partial charge in [-0.1, -0.05) is 6.07 Å². The van der Waals surface area contributed by atoms with Crippen LogP contribution in [0.1, 0.15) is 11.8 Å². The monoisotopic (exact) mass is 400 g/mol. The third-order valence-electron chi connectivity index (χ3n) is 3.26. The molecule has 0 saturated heterocycles. The van der Waals surface area contributed by atoms with E-state index in [1.54, 1.807) is 25.2 Å². The highest BCUT2D eigenvalue weighted by Crippen LogP contribution is 2.19. The van der Waals surface area contributed by atoms with E-state index in [-0.39, 0.29) is 16.1 Å². The van der Waals surface area contributed by atoms with Crippen LogP contribution in [0.15, 0.2) is 45.6 Å². The first-order chi connectivity index (χ1) is 12.3. The first-order valence-corrected chi connectivity index (χ1v) is 10.1. The molecule has 1 heterocycles. The Morgan fingerprint density at radius 1 is 1.35 bits per heavy atom. The third-order valence-corrected chi connectivity index (χ3v) is 5.79. The summed E-state index contributed by atoms with van der Waals surface area (Å²) in [4.78, 5) is 4.90. The van der Waals surface area contributed by atoms with Crippen LogP contribution in [0.5, 0.6) is 5.75 Å². The predicted molar refractivity (Wildman–Crippen MR) is 100 cm³/mol. The second-order valence-electron chi connectivity index (χ2n) is 5.46. The summed E-state index contributed by atoms with van der Waals surface area (Å²) in [6.07, 6.45) is -0.217. The Morgan fingerprint density at radius 2 is 2.12 bits per heavy atom. The van der Waals surface area contributed by atoms with Gasteiger partial charge in [-0.15, -0.1) is 11.3 Å². The first-order valence-electron chi connectivity index (χ1n) is 7.76. The molecule has 1 aromatic carbocycles. The molecule has 26 heavy (non-hydrogen) atoms.